The van der Waals surface area contributed by atoms with Crippen LogP contribution in [-0.2, 0) is 9.31 Å². The lowest BCUT2D eigenvalue weighted by molar-refractivity contribution is -0.0169. The van der Waals surface area contributed by atoms with E-state index in [0.29, 0.717) is 5.54 Å². The summed E-state index contributed by atoms with van der Waals surface area (Å²) in [5.41, 5.74) is 0.818. The van der Waals surface area contributed by atoms with E-state index in [9.17, 15) is 0 Å². The molecule has 4 nitrogen and oxygen atoms in total. The maximum atomic E-state index is 6.35. The average Bonchev–Trinajstić information content (AvgIpc) is 2.71. The number of nitrogens with zero attached hydrogens (tertiary/aromatic N) is 1. The number of nitrogens with one attached hydrogen (secondary N) is 1. The molecule has 1 aromatic heterocycles. The quantitative estimate of drug-likeness (QED) is 0.812. The molecular formula is C19H29BN2O2. The molecule has 2 heterocycles. The van der Waals surface area contributed by atoms with Crippen molar-refractivity contribution < 1.29 is 9.31 Å². The number of unbranched alkanes of at least 4 members (excludes halogenated alkanes) is 1. The van der Waals surface area contributed by atoms with Gasteiger partial charge in [0.1, 0.15) is 5.82 Å². The number of hydrogen-bond acceptors (Lipinski definition) is 4. The molecule has 130 valence electrons. The van der Waals surface area contributed by atoms with Gasteiger partial charge in [0.2, 0.25) is 0 Å². The lowest BCUT2D eigenvalue weighted by Crippen LogP contribution is -2.63. The molecule has 0 amide bonds. The fraction of sp³-hybridized carbons (Fsp3) is 0.737. The van der Waals surface area contributed by atoms with Gasteiger partial charge in [0.05, 0.1) is 11.2 Å². The Morgan fingerprint density at radius 3 is 2.50 bits per heavy atom. The summed E-state index contributed by atoms with van der Waals surface area (Å²) < 4.78 is 12.6. The normalized spacial score (nSPS) is 36.2. The van der Waals surface area contributed by atoms with E-state index < -0.39 is 0 Å². The molecule has 0 radical (unpaired) electrons. The minimum atomic E-state index is -0.321. The van der Waals surface area contributed by atoms with E-state index in [1.165, 1.54) is 25.7 Å². The SMILES string of the molecule is CCCCC1(C)OB(c2ccc(NC34CC(C3)C4)nc2)OC1(C)C. The van der Waals surface area contributed by atoms with Crippen molar-refractivity contribution in [3.8, 4) is 0 Å². The van der Waals surface area contributed by atoms with Crippen LogP contribution < -0.4 is 10.8 Å². The van der Waals surface area contributed by atoms with E-state index in [0.717, 1.165) is 30.0 Å². The Bertz CT molecular complexity index is 601. The van der Waals surface area contributed by atoms with Gasteiger partial charge in [-0.25, -0.2) is 4.98 Å². The molecular weight excluding hydrogens is 299 g/mol. The minimum absolute atomic E-state index is 0.254. The molecule has 1 atom stereocenters. The van der Waals surface area contributed by atoms with E-state index in [2.05, 4.69) is 50.1 Å². The van der Waals surface area contributed by atoms with Crippen molar-refractivity contribution in [1.82, 2.24) is 4.98 Å². The largest absolute Gasteiger partial charge is 0.496 e. The van der Waals surface area contributed by atoms with Crippen LogP contribution in [0.5, 0.6) is 0 Å². The summed E-state index contributed by atoms with van der Waals surface area (Å²) in [6.07, 6.45) is 9.19. The monoisotopic (exact) mass is 328 g/mol. The number of rotatable bonds is 6. The van der Waals surface area contributed by atoms with Gasteiger partial charge in [-0.2, -0.15) is 0 Å². The van der Waals surface area contributed by atoms with Crippen molar-refractivity contribution in [3.05, 3.63) is 18.3 Å². The van der Waals surface area contributed by atoms with Crippen LogP contribution >= 0.6 is 0 Å². The number of pyridine rings is 1. The standard InChI is InChI=1S/C19H29BN2O2/c1-5-6-9-18(4)17(2,3)23-20(24-18)15-7-8-16(21-13-15)22-19-10-14(11-19)12-19/h7-8,13-14H,5-6,9-12H2,1-4H3,(H,21,22). The van der Waals surface area contributed by atoms with Gasteiger partial charge in [-0.1, -0.05) is 25.8 Å². The lowest BCUT2D eigenvalue weighted by atomic mass is 9.50. The third-order valence-electron chi connectivity index (χ3n) is 6.54. The van der Waals surface area contributed by atoms with Gasteiger partial charge in [-0.15, -0.1) is 0 Å². The highest BCUT2D eigenvalue weighted by atomic mass is 16.7. The van der Waals surface area contributed by atoms with Crippen LogP contribution in [0.3, 0.4) is 0 Å². The average molecular weight is 328 g/mol. The molecule has 4 aliphatic rings. The van der Waals surface area contributed by atoms with Gasteiger partial charge in [0, 0.05) is 17.2 Å². The van der Waals surface area contributed by atoms with E-state index in [4.69, 9.17) is 9.31 Å². The summed E-state index contributed by atoms with van der Waals surface area (Å²) in [4.78, 5) is 4.60. The molecule has 0 aromatic carbocycles. The maximum absolute atomic E-state index is 6.35. The lowest BCUT2D eigenvalue weighted by Gasteiger charge is -2.62. The zero-order chi connectivity index (χ0) is 17.0. The number of aromatic nitrogens is 1. The molecule has 4 fully saturated rings. The van der Waals surface area contributed by atoms with Crippen molar-refractivity contribution >= 4 is 18.4 Å². The third kappa shape index (κ3) is 2.57. The second kappa shape index (κ2) is 5.47. The minimum Gasteiger partial charge on any atom is -0.399 e. The van der Waals surface area contributed by atoms with Gasteiger partial charge >= 0.3 is 7.12 Å². The molecule has 24 heavy (non-hydrogen) atoms. The molecule has 1 aliphatic heterocycles. The Hall–Kier alpha value is -1.07. The van der Waals surface area contributed by atoms with Crippen LogP contribution in [0.1, 0.15) is 66.2 Å². The second-order valence-corrected chi connectivity index (χ2v) is 8.77. The van der Waals surface area contributed by atoms with Gasteiger partial charge in [0.25, 0.3) is 0 Å². The summed E-state index contributed by atoms with van der Waals surface area (Å²) in [7, 11) is -0.321. The number of hydrogen-bond donors (Lipinski definition) is 1. The van der Waals surface area contributed by atoms with Crippen molar-refractivity contribution in [2.75, 3.05) is 5.32 Å². The highest BCUT2D eigenvalue weighted by Gasteiger charge is 2.57. The Labute approximate surface area is 145 Å². The first-order chi connectivity index (χ1) is 11.3. The van der Waals surface area contributed by atoms with E-state index in [-0.39, 0.29) is 18.3 Å². The molecule has 1 aromatic rings. The van der Waals surface area contributed by atoms with Crippen LogP contribution in [0.2, 0.25) is 0 Å². The van der Waals surface area contributed by atoms with Crippen LogP contribution in [-0.4, -0.2) is 28.8 Å². The highest BCUT2D eigenvalue weighted by Crippen LogP contribution is 2.58. The Kier molecular flexibility index (Phi) is 3.74. The van der Waals surface area contributed by atoms with Crippen molar-refractivity contribution in [2.24, 2.45) is 5.92 Å². The summed E-state index contributed by atoms with van der Waals surface area (Å²) in [6, 6.07) is 4.16. The van der Waals surface area contributed by atoms with Crippen molar-refractivity contribution in [3.63, 3.8) is 0 Å². The van der Waals surface area contributed by atoms with E-state index in [1.54, 1.807) is 0 Å². The van der Waals surface area contributed by atoms with E-state index >= 15 is 0 Å². The third-order valence-corrected chi connectivity index (χ3v) is 6.54. The highest BCUT2D eigenvalue weighted by molar-refractivity contribution is 6.62. The summed E-state index contributed by atoms with van der Waals surface area (Å²) >= 11 is 0. The van der Waals surface area contributed by atoms with Crippen LogP contribution in [0.25, 0.3) is 0 Å². The molecule has 0 spiro atoms. The molecule has 1 N–H and O–H groups in total. The van der Waals surface area contributed by atoms with Crippen LogP contribution in [0.15, 0.2) is 18.3 Å². The molecule has 2 bridgehead atoms. The predicted octanol–water partition coefficient (Wildman–Crippen LogP) is 3.52. The first-order valence-electron chi connectivity index (χ1n) is 9.45. The summed E-state index contributed by atoms with van der Waals surface area (Å²) in [5.74, 6) is 1.95. The Morgan fingerprint density at radius 2 is 1.96 bits per heavy atom. The van der Waals surface area contributed by atoms with Gasteiger partial charge in [-0.3, -0.25) is 0 Å². The first-order valence-corrected chi connectivity index (χ1v) is 9.45. The molecule has 5 heteroatoms. The molecule has 1 saturated heterocycles. The second-order valence-electron chi connectivity index (χ2n) is 8.77. The molecule has 5 rings (SSSR count). The Balaban J connectivity index is 1.44. The van der Waals surface area contributed by atoms with Crippen molar-refractivity contribution in [2.45, 2.75) is 83.0 Å². The van der Waals surface area contributed by atoms with E-state index in [1.807, 2.05) is 6.20 Å². The maximum Gasteiger partial charge on any atom is 0.496 e. The first kappa shape index (κ1) is 16.4. The van der Waals surface area contributed by atoms with Crippen LogP contribution in [0.4, 0.5) is 5.82 Å². The fourth-order valence-corrected chi connectivity index (χ4v) is 4.33. The summed E-state index contributed by atoms with van der Waals surface area (Å²) in [6.45, 7) is 8.66. The van der Waals surface area contributed by atoms with Gasteiger partial charge in [0.15, 0.2) is 0 Å². The van der Waals surface area contributed by atoms with Crippen LogP contribution in [0, 0.1) is 5.92 Å². The molecule has 1 unspecified atom stereocenters. The molecule has 3 saturated carbocycles. The topological polar surface area (TPSA) is 43.4 Å². The predicted molar refractivity (Wildman–Crippen MR) is 97.5 cm³/mol. The summed E-state index contributed by atoms with van der Waals surface area (Å²) in [5, 5.41) is 3.61. The zero-order valence-electron chi connectivity index (χ0n) is 15.4. The molecule has 3 aliphatic carbocycles. The number of anilines is 1. The zero-order valence-corrected chi connectivity index (χ0v) is 15.4. The van der Waals surface area contributed by atoms with Gasteiger partial charge in [-0.05, 0) is 58.4 Å². The fourth-order valence-electron chi connectivity index (χ4n) is 4.33. The van der Waals surface area contributed by atoms with Gasteiger partial charge < -0.3 is 14.6 Å². The smallest absolute Gasteiger partial charge is 0.399 e. The Morgan fingerprint density at radius 1 is 1.21 bits per heavy atom. The van der Waals surface area contributed by atoms with Crippen molar-refractivity contribution in [1.29, 1.82) is 0 Å².